The zero-order valence-corrected chi connectivity index (χ0v) is 7.54. The van der Waals surface area contributed by atoms with Crippen LogP contribution in [0.1, 0.15) is 22.8 Å². The molecular formula is C10H15NO. The van der Waals surface area contributed by atoms with Gasteiger partial charge < -0.3 is 10.8 Å². The van der Waals surface area contributed by atoms with Crippen molar-refractivity contribution in [1.82, 2.24) is 0 Å². The van der Waals surface area contributed by atoms with Crippen molar-refractivity contribution in [3.8, 4) is 0 Å². The van der Waals surface area contributed by atoms with Crippen molar-refractivity contribution in [2.45, 2.75) is 20.0 Å². The lowest BCUT2D eigenvalue weighted by Gasteiger charge is -2.11. The Morgan fingerprint density at radius 1 is 1.42 bits per heavy atom. The largest absolute Gasteiger partial charge is 0.387 e. The molecule has 0 saturated heterocycles. The van der Waals surface area contributed by atoms with Crippen LogP contribution in [0.4, 0.5) is 0 Å². The van der Waals surface area contributed by atoms with Gasteiger partial charge in [-0.1, -0.05) is 23.8 Å². The van der Waals surface area contributed by atoms with E-state index in [-0.39, 0.29) is 6.54 Å². The second-order valence-corrected chi connectivity index (χ2v) is 3.11. The molecular weight excluding hydrogens is 150 g/mol. The second kappa shape index (κ2) is 3.70. The molecule has 0 aliphatic rings. The normalized spacial score (nSPS) is 13.0. The third-order valence-corrected chi connectivity index (χ3v) is 2.02. The van der Waals surface area contributed by atoms with E-state index in [0.717, 1.165) is 16.7 Å². The van der Waals surface area contributed by atoms with Crippen molar-refractivity contribution < 1.29 is 5.11 Å². The first kappa shape index (κ1) is 9.23. The van der Waals surface area contributed by atoms with E-state index in [1.54, 1.807) is 0 Å². The molecule has 1 aromatic carbocycles. The van der Waals surface area contributed by atoms with E-state index in [4.69, 9.17) is 5.73 Å². The third-order valence-electron chi connectivity index (χ3n) is 2.02. The van der Waals surface area contributed by atoms with E-state index < -0.39 is 6.10 Å². The molecule has 12 heavy (non-hydrogen) atoms. The summed E-state index contributed by atoms with van der Waals surface area (Å²) in [6.45, 7) is 4.27. The van der Waals surface area contributed by atoms with Gasteiger partial charge in [-0.05, 0) is 25.0 Å². The summed E-state index contributed by atoms with van der Waals surface area (Å²) in [7, 11) is 0. The van der Waals surface area contributed by atoms with Gasteiger partial charge in [0.2, 0.25) is 0 Å². The van der Waals surface area contributed by atoms with E-state index in [9.17, 15) is 5.11 Å². The highest BCUT2D eigenvalue weighted by Gasteiger charge is 2.07. The maximum Gasteiger partial charge on any atom is 0.0914 e. The average molecular weight is 165 g/mol. The minimum absolute atomic E-state index is 0.282. The smallest absolute Gasteiger partial charge is 0.0914 e. The molecule has 3 N–H and O–H groups in total. The van der Waals surface area contributed by atoms with E-state index in [1.807, 2.05) is 32.0 Å². The Balaban J connectivity index is 3.04. The number of rotatable bonds is 2. The van der Waals surface area contributed by atoms with Gasteiger partial charge in [-0.2, -0.15) is 0 Å². The highest BCUT2D eigenvalue weighted by Crippen LogP contribution is 2.17. The molecule has 0 amide bonds. The molecule has 0 fully saturated rings. The van der Waals surface area contributed by atoms with E-state index in [0.29, 0.717) is 0 Å². The summed E-state index contributed by atoms with van der Waals surface area (Å²) < 4.78 is 0. The maximum absolute atomic E-state index is 9.51. The van der Waals surface area contributed by atoms with Crippen molar-refractivity contribution in [2.24, 2.45) is 5.73 Å². The summed E-state index contributed by atoms with van der Waals surface area (Å²) in [6.07, 6.45) is -0.523. The lowest BCUT2D eigenvalue weighted by molar-refractivity contribution is 0.186. The number of nitrogens with two attached hydrogens (primary N) is 1. The Hall–Kier alpha value is -0.860. The van der Waals surface area contributed by atoms with Gasteiger partial charge in [0, 0.05) is 6.54 Å². The van der Waals surface area contributed by atoms with Crippen LogP contribution in [0.3, 0.4) is 0 Å². The molecule has 0 spiro atoms. The van der Waals surface area contributed by atoms with Crippen LogP contribution < -0.4 is 5.73 Å². The number of benzene rings is 1. The highest BCUT2D eigenvalue weighted by atomic mass is 16.3. The van der Waals surface area contributed by atoms with Crippen LogP contribution in [0.15, 0.2) is 18.2 Å². The molecule has 0 radical (unpaired) electrons. The minimum Gasteiger partial charge on any atom is -0.387 e. The molecule has 0 aliphatic heterocycles. The topological polar surface area (TPSA) is 46.2 Å². The molecule has 2 nitrogen and oxygen atoms in total. The molecule has 0 aliphatic carbocycles. The molecule has 1 unspecified atom stereocenters. The lowest BCUT2D eigenvalue weighted by Crippen LogP contribution is -2.12. The summed E-state index contributed by atoms with van der Waals surface area (Å²) in [5.74, 6) is 0. The van der Waals surface area contributed by atoms with Gasteiger partial charge in [0.15, 0.2) is 0 Å². The summed E-state index contributed by atoms with van der Waals surface area (Å²) in [5.41, 5.74) is 8.57. The zero-order valence-electron chi connectivity index (χ0n) is 7.54. The third kappa shape index (κ3) is 1.84. The van der Waals surface area contributed by atoms with Gasteiger partial charge in [0.1, 0.15) is 0 Å². The predicted molar refractivity (Wildman–Crippen MR) is 49.9 cm³/mol. The van der Waals surface area contributed by atoms with E-state index >= 15 is 0 Å². The molecule has 0 bridgehead atoms. The number of hydrogen-bond acceptors (Lipinski definition) is 2. The fourth-order valence-corrected chi connectivity index (χ4v) is 1.25. The van der Waals surface area contributed by atoms with Gasteiger partial charge in [-0.15, -0.1) is 0 Å². The molecule has 1 atom stereocenters. The Kier molecular flexibility index (Phi) is 2.84. The molecule has 0 heterocycles. The maximum atomic E-state index is 9.51. The Bertz CT molecular complexity index is 271. The molecule has 1 aromatic rings. The summed E-state index contributed by atoms with van der Waals surface area (Å²) in [6, 6.07) is 6.01. The van der Waals surface area contributed by atoms with Crippen molar-refractivity contribution in [3.05, 3.63) is 34.9 Å². The predicted octanol–water partition coefficient (Wildman–Crippen LogP) is 1.30. The van der Waals surface area contributed by atoms with Gasteiger partial charge in [-0.25, -0.2) is 0 Å². The first-order valence-corrected chi connectivity index (χ1v) is 4.10. The molecule has 0 saturated carbocycles. The fourth-order valence-electron chi connectivity index (χ4n) is 1.25. The van der Waals surface area contributed by atoms with Crippen molar-refractivity contribution in [1.29, 1.82) is 0 Å². The lowest BCUT2D eigenvalue weighted by atomic mass is 10.0. The van der Waals surface area contributed by atoms with E-state index in [1.165, 1.54) is 0 Å². The van der Waals surface area contributed by atoms with Gasteiger partial charge >= 0.3 is 0 Å². The quantitative estimate of drug-likeness (QED) is 0.693. The average Bonchev–Trinajstić information content (AvgIpc) is 2.08. The van der Waals surface area contributed by atoms with Crippen molar-refractivity contribution in [2.75, 3.05) is 6.54 Å². The van der Waals surface area contributed by atoms with Crippen LogP contribution in [0.25, 0.3) is 0 Å². The minimum atomic E-state index is -0.523. The first-order valence-electron chi connectivity index (χ1n) is 4.10. The summed E-state index contributed by atoms with van der Waals surface area (Å²) in [5, 5.41) is 9.51. The monoisotopic (exact) mass is 165 g/mol. The van der Waals surface area contributed by atoms with Crippen LogP contribution in [0.2, 0.25) is 0 Å². The Labute approximate surface area is 73.0 Å². The fraction of sp³-hybridized carbons (Fsp3) is 0.400. The van der Waals surface area contributed by atoms with Crippen LogP contribution in [-0.4, -0.2) is 11.7 Å². The Morgan fingerprint density at radius 3 is 2.67 bits per heavy atom. The second-order valence-electron chi connectivity index (χ2n) is 3.11. The summed E-state index contributed by atoms with van der Waals surface area (Å²) in [4.78, 5) is 0. The molecule has 2 heteroatoms. The molecule has 0 aromatic heterocycles. The number of aliphatic hydroxyl groups is 1. The first-order chi connectivity index (χ1) is 5.65. The zero-order chi connectivity index (χ0) is 9.14. The van der Waals surface area contributed by atoms with Crippen LogP contribution in [0.5, 0.6) is 0 Å². The number of aryl methyl sites for hydroxylation is 2. The van der Waals surface area contributed by atoms with Crippen molar-refractivity contribution >= 4 is 0 Å². The van der Waals surface area contributed by atoms with Crippen molar-refractivity contribution in [3.63, 3.8) is 0 Å². The molecule has 1 rings (SSSR count). The number of aliphatic hydroxyl groups excluding tert-OH is 1. The van der Waals surface area contributed by atoms with Crippen LogP contribution in [0, 0.1) is 13.8 Å². The van der Waals surface area contributed by atoms with Gasteiger partial charge in [0.25, 0.3) is 0 Å². The van der Waals surface area contributed by atoms with Crippen LogP contribution in [-0.2, 0) is 0 Å². The van der Waals surface area contributed by atoms with Gasteiger partial charge in [0.05, 0.1) is 6.10 Å². The SMILES string of the molecule is Cc1ccc(C)c(C(O)CN)c1. The molecule has 66 valence electrons. The van der Waals surface area contributed by atoms with Crippen LogP contribution >= 0.6 is 0 Å². The highest BCUT2D eigenvalue weighted by molar-refractivity contribution is 5.32. The summed E-state index contributed by atoms with van der Waals surface area (Å²) >= 11 is 0. The number of hydrogen-bond donors (Lipinski definition) is 2. The standard InChI is InChI=1S/C10H15NO/c1-7-3-4-8(2)9(5-7)10(12)6-11/h3-5,10,12H,6,11H2,1-2H3. The van der Waals surface area contributed by atoms with E-state index in [2.05, 4.69) is 0 Å². The Morgan fingerprint density at radius 2 is 2.08 bits per heavy atom. The van der Waals surface area contributed by atoms with Gasteiger partial charge in [-0.3, -0.25) is 0 Å².